The molecule has 2 unspecified atom stereocenters. The lowest BCUT2D eigenvalue weighted by Crippen LogP contribution is -2.32. The molecule has 0 radical (unpaired) electrons. The van der Waals surface area contributed by atoms with Gasteiger partial charge in [0.05, 0.1) is 19.5 Å². The number of hydrogen-bond donors (Lipinski definition) is 0. The van der Waals surface area contributed by atoms with Gasteiger partial charge >= 0.3 is 0 Å². The number of hydrogen-bond acceptors (Lipinski definition) is 4. The molecule has 2 atom stereocenters. The van der Waals surface area contributed by atoms with Gasteiger partial charge in [-0.3, -0.25) is 4.79 Å². The lowest BCUT2D eigenvalue weighted by Gasteiger charge is -2.24. The number of carbonyl (C=O) groups is 1. The summed E-state index contributed by atoms with van der Waals surface area (Å²) < 4.78 is 38.0. The van der Waals surface area contributed by atoms with Gasteiger partial charge in [0.2, 0.25) is 5.91 Å². The van der Waals surface area contributed by atoms with E-state index in [4.69, 9.17) is 9.47 Å². The second kappa shape index (κ2) is 8.17. The van der Waals surface area contributed by atoms with Crippen LogP contribution in [0.1, 0.15) is 23.4 Å². The Morgan fingerprint density at radius 2 is 1.81 bits per heavy atom. The number of amides is 1. The van der Waals surface area contributed by atoms with Crippen LogP contribution in [-0.2, 0) is 11.2 Å². The van der Waals surface area contributed by atoms with E-state index in [-0.39, 0.29) is 11.2 Å². The number of ether oxygens (including phenoxy) is 2. The first-order chi connectivity index (χ1) is 12.9. The van der Waals surface area contributed by atoms with Crippen LogP contribution in [0.4, 0.5) is 8.78 Å². The molecule has 27 heavy (non-hydrogen) atoms. The third kappa shape index (κ3) is 4.03. The second-order valence-corrected chi connectivity index (χ2v) is 7.69. The van der Waals surface area contributed by atoms with E-state index in [9.17, 15) is 13.6 Å². The fourth-order valence-corrected chi connectivity index (χ4v) is 4.46. The minimum atomic E-state index is -0.634. The highest BCUT2D eigenvalue weighted by Gasteiger charge is 2.39. The van der Waals surface area contributed by atoms with Crippen LogP contribution in [0.2, 0.25) is 0 Å². The van der Waals surface area contributed by atoms with Crippen molar-refractivity contribution in [1.29, 1.82) is 0 Å². The monoisotopic (exact) mass is 393 g/mol. The van der Waals surface area contributed by atoms with Crippen molar-refractivity contribution in [3.8, 4) is 11.5 Å². The van der Waals surface area contributed by atoms with E-state index in [2.05, 4.69) is 0 Å². The summed E-state index contributed by atoms with van der Waals surface area (Å²) >= 11 is 1.37. The van der Waals surface area contributed by atoms with Crippen molar-refractivity contribution in [1.82, 2.24) is 4.90 Å². The number of halogens is 2. The zero-order valence-electron chi connectivity index (χ0n) is 15.4. The van der Waals surface area contributed by atoms with E-state index < -0.39 is 17.0 Å². The molecular weight excluding hydrogens is 372 g/mol. The van der Waals surface area contributed by atoms with Crippen LogP contribution in [-0.4, -0.2) is 36.8 Å². The molecular formula is C20H21F2NO3S. The van der Waals surface area contributed by atoms with Crippen LogP contribution in [0.25, 0.3) is 0 Å². The van der Waals surface area contributed by atoms with Gasteiger partial charge in [-0.25, -0.2) is 8.78 Å². The molecule has 4 nitrogen and oxygen atoms in total. The Morgan fingerprint density at radius 3 is 2.48 bits per heavy atom. The number of carbonyl (C=O) groups excluding carboxylic acids is 1. The molecule has 0 aromatic heterocycles. The third-order valence-electron chi connectivity index (χ3n) is 4.56. The Bertz CT molecular complexity index is 846. The zero-order valence-corrected chi connectivity index (χ0v) is 16.2. The van der Waals surface area contributed by atoms with Crippen LogP contribution in [0.15, 0.2) is 36.4 Å². The molecule has 1 aliphatic rings. The molecule has 0 N–H and O–H groups in total. The number of benzene rings is 2. The maximum atomic E-state index is 14.3. The van der Waals surface area contributed by atoms with Gasteiger partial charge in [-0.2, -0.15) is 0 Å². The SMILES string of the molecule is COc1ccc(CCN2C(=O)C(C)SC2c2ccc(F)cc2F)cc1OC. The predicted octanol–water partition coefficient (Wildman–Crippen LogP) is 4.19. The smallest absolute Gasteiger partial charge is 0.236 e. The second-order valence-electron chi connectivity index (χ2n) is 6.27. The van der Waals surface area contributed by atoms with Crippen LogP contribution >= 0.6 is 11.8 Å². The number of nitrogens with zero attached hydrogens (tertiary/aromatic N) is 1. The van der Waals surface area contributed by atoms with Gasteiger partial charge in [0.15, 0.2) is 11.5 Å². The average Bonchev–Trinajstić information content (AvgIpc) is 2.93. The molecule has 3 rings (SSSR count). The van der Waals surface area contributed by atoms with E-state index in [1.54, 1.807) is 26.0 Å². The first-order valence-electron chi connectivity index (χ1n) is 8.56. The standard InChI is InChI=1S/C20H21F2NO3S/c1-12-19(24)23(20(27-12)15-6-5-14(21)11-16(15)22)9-8-13-4-7-17(25-2)18(10-13)26-3/h4-7,10-12,20H,8-9H2,1-3H3. The van der Waals surface area contributed by atoms with Crippen molar-refractivity contribution >= 4 is 17.7 Å². The van der Waals surface area contributed by atoms with Gasteiger partial charge in [0.1, 0.15) is 17.0 Å². The molecule has 1 aliphatic heterocycles. The lowest BCUT2D eigenvalue weighted by atomic mass is 10.1. The quantitative estimate of drug-likeness (QED) is 0.738. The third-order valence-corrected chi connectivity index (χ3v) is 5.94. The zero-order chi connectivity index (χ0) is 19.6. The first-order valence-corrected chi connectivity index (χ1v) is 9.50. The van der Waals surface area contributed by atoms with Gasteiger partial charge in [0, 0.05) is 18.2 Å². The number of thioether (sulfide) groups is 1. The Hall–Kier alpha value is -2.28. The number of methoxy groups -OCH3 is 2. The van der Waals surface area contributed by atoms with Crippen molar-refractivity contribution in [3.63, 3.8) is 0 Å². The van der Waals surface area contributed by atoms with E-state index in [0.717, 1.165) is 11.6 Å². The largest absolute Gasteiger partial charge is 0.493 e. The normalized spacial score (nSPS) is 19.4. The molecule has 0 aliphatic carbocycles. The van der Waals surface area contributed by atoms with Gasteiger partial charge in [-0.15, -0.1) is 11.8 Å². The summed E-state index contributed by atoms with van der Waals surface area (Å²) in [5.74, 6) is -0.0595. The maximum Gasteiger partial charge on any atom is 0.236 e. The summed E-state index contributed by atoms with van der Waals surface area (Å²) in [6.45, 7) is 2.23. The molecule has 0 saturated carbocycles. The van der Waals surface area contributed by atoms with E-state index in [1.165, 1.54) is 23.9 Å². The van der Waals surface area contributed by atoms with E-state index >= 15 is 0 Å². The summed E-state index contributed by atoms with van der Waals surface area (Å²) in [7, 11) is 3.14. The first kappa shape index (κ1) is 19.5. The fourth-order valence-electron chi connectivity index (χ4n) is 3.13. The molecule has 0 spiro atoms. The van der Waals surface area contributed by atoms with Crippen LogP contribution in [0.3, 0.4) is 0 Å². The summed E-state index contributed by atoms with van der Waals surface area (Å²) in [6.07, 6.45) is 0.582. The minimum absolute atomic E-state index is 0.0470. The molecule has 7 heteroatoms. The van der Waals surface area contributed by atoms with Crippen LogP contribution in [0.5, 0.6) is 11.5 Å². The molecule has 1 fully saturated rings. The van der Waals surface area contributed by atoms with Crippen molar-refractivity contribution in [2.24, 2.45) is 0 Å². The number of rotatable bonds is 6. The van der Waals surface area contributed by atoms with Crippen LogP contribution < -0.4 is 9.47 Å². The summed E-state index contributed by atoms with van der Waals surface area (Å²) in [5, 5.41) is -0.738. The van der Waals surface area contributed by atoms with E-state index in [0.29, 0.717) is 30.0 Å². The summed E-state index contributed by atoms with van der Waals surface area (Å²) in [4.78, 5) is 14.2. The van der Waals surface area contributed by atoms with Gasteiger partial charge in [0.25, 0.3) is 0 Å². The van der Waals surface area contributed by atoms with Crippen molar-refractivity contribution in [2.75, 3.05) is 20.8 Å². The minimum Gasteiger partial charge on any atom is -0.493 e. The Morgan fingerprint density at radius 1 is 1.07 bits per heavy atom. The molecule has 1 saturated heterocycles. The van der Waals surface area contributed by atoms with Gasteiger partial charge in [-0.05, 0) is 37.1 Å². The van der Waals surface area contributed by atoms with Gasteiger partial charge < -0.3 is 14.4 Å². The van der Waals surface area contributed by atoms with Crippen LogP contribution in [0, 0.1) is 11.6 Å². The maximum absolute atomic E-state index is 14.3. The lowest BCUT2D eigenvalue weighted by molar-refractivity contribution is -0.129. The highest BCUT2D eigenvalue weighted by atomic mass is 32.2. The van der Waals surface area contributed by atoms with Crippen molar-refractivity contribution < 1.29 is 23.0 Å². The Balaban J connectivity index is 1.80. The fraction of sp³-hybridized carbons (Fsp3) is 0.350. The molecule has 144 valence electrons. The Kier molecular flexibility index (Phi) is 5.89. The van der Waals surface area contributed by atoms with Crippen molar-refractivity contribution in [2.45, 2.75) is 24.0 Å². The Labute approximate surface area is 161 Å². The predicted molar refractivity (Wildman–Crippen MR) is 101 cm³/mol. The van der Waals surface area contributed by atoms with Gasteiger partial charge in [-0.1, -0.05) is 12.1 Å². The molecule has 1 heterocycles. The molecule has 0 bridgehead atoms. The van der Waals surface area contributed by atoms with Crippen molar-refractivity contribution in [3.05, 3.63) is 59.2 Å². The topological polar surface area (TPSA) is 38.8 Å². The highest BCUT2D eigenvalue weighted by molar-refractivity contribution is 8.01. The van der Waals surface area contributed by atoms with E-state index in [1.807, 2.05) is 18.2 Å². The highest BCUT2D eigenvalue weighted by Crippen LogP contribution is 2.43. The molecule has 2 aromatic rings. The molecule has 2 aromatic carbocycles. The average molecular weight is 393 g/mol. The summed E-state index contributed by atoms with van der Waals surface area (Å²) in [5.41, 5.74) is 1.30. The summed E-state index contributed by atoms with van der Waals surface area (Å²) in [6, 6.07) is 9.08. The molecule has 1 amide bonds.